The molecule has 1 aromatic rings. The van der Waals surface area contributed by atoms with Gasteiger partial charge in [0.25, 0.3) is 0 Å². The molecule has 0 aromatic heterocycles. The molecule has 1 aliphatic rings. The van der Waals surface area contributed by atoms with Gasteiger partial charge < -0.3 is 15.2 Å². The summed E-state index contributed by atoms with van der Waals surface area (Å²) in [6.45, 7) is 2.08. The maximum absolute atomic E-state index is 9.16. The molecule has 1 aromatic carbocycles. The normalized spacial score (nSPS) is 17.7. The molecule has 0 saturated carbocycles. The van der Waals surface area contributed by atoms with E-state index in [1.165, 1.54) is 0 Å². The molecule has 1 aliphatic heterocycles. The summed E-state index contributed by atoms with van der Waals surface area (Å²) in [5.41, 5.74) is 0.871. The number of hydrogen-bond donors (Lipinski definition) is 2. The van der Waals surface area contributed by atoms with Crippen LogP contribution in [0.1, 0.15) is 18.4 Å². The molecule has 0 radical (unpaired) electrons. The number of aliphatic hydroxyl groups is 1. The second kappa shape index (κ2) is 5.14. The van der Waals surface area contributed by atoms with Crippen LogP contribution in [0.4, 0.5) is 0 Å². The molecule has 2 N–H and O–H groups in total. The highest BCUT2D eigenvalue weighted by molar-refractivity contribution is 5.32. The Morgan fingerprint density at radius 3 is 2.73 bits per heavy atom. The summed E-state index contributed by atoms with van der Waals surface area (Å²) in [5, 5.41) is 12.5. The first-order valence-electron chi connectivity index (χ1n) is 5.46. The summed E-state index contributed by atoms with van der Waals surface area (Å²) < 4.78 is 5.88. The van der Waals surface area contributed by atoms with Crippen LogP contribution in [0.25, 0.3) is 0 Å². The van der Waals surface area contributed by atoms with Crippen molar-refractivity contribution < 1.29 is 9.84 Å². The molecule has 0 unspecified atom stereocenters. The van der Waals surface area contributed by atoms with Crippen molar-refractivity contribution in [3.05, 3.63) is 29.8 Å². The minimum atomic E-state index is 0.0428. The van der Waals surface area contributed by atoms with E-state index in [4.69, 9.17) is 9.84 Å². The molecular formula is C12H17NO2. The lowest BCUT2D eigenvalue weighted by Gasteiger charge is -2.24. The monoisotopic (exact) mass is 207 g/mol. The second-order valence-corrected chi connectivity index (χ2v) is 3.83. The lowest BCUT2D eigenvalue weighted by atomic mass is 10.1. The summed E-state index contributed by atoms with van der Waals surface area (Å²) in [6.07, 6.45) is 2.37. The summed E-state index contributed by atoms with van der Waals surface area (Å²) >= 11 is 0. The van der Waals surface area contributed by atoms with Crippen LogP contribution in [0.2, 0.25) is 0 Å². The van der Waals surface area contributed by atoms with Gasteiger partial charge in [-0.25, -0.2) is 0 Å². The van der Waals surface area contributed by atoms with Gasteiger partial charge in [0, 0.05) is 5.56 Å². The molecule has 3 heteroatoms. The fraction of sp³-hybridized carbons (Fsp3) is 0.500. The van der Waals surface area contributed by atoms with Gasteiger partial charge in [0.05, 0.1) is 6.61 Å². The lowest BCUT2D eigenvalue weighted by Crippen LogP contribution is -2.34. The van der Waals surface area contributed by atoms with Crippen LogP contribution >= 0.6 is 0 Å². The molecule has 0 atom stereocenters. The van der Waals surface area contributed by atoms with Crippen molar-refractivity contribution in [2.75, 3.05) is 13.1 Å². The molecule has 0 bridgehead atoms. The standard InChI is InChI=1S/C12H17NO2/c14-9-10-3-1-2-4-12(10)15-11-5-7-13-8-6-11/h1-4,11,13-14H,5-9H2. The van der Waals surface area contributed by atoms with Crippen molar-refractivity contribution in [2.24, 2.45) is 0 Å². The summed E-state index contributed by atoms with van der Waals surface area (Å²) in [4.78, 5) is 0. The minimum Gasteiger partial charge on any atom is -0.490 e. The molecule has 1 fully saturated rings. The first kappa shape index (κ1) is 10.5. The molecule has 2 rings (SSSR count). The maximum atomic E-state index is 9.16. The third kappa shape index (κ3) is 2.70. The van der Waals surface area contributed by atoms with E-state index in [2.05, 4.69) is 5.32 Å². The van der Waals surface area contributed by atoms with Crippen molar-refractivity contribution >= 4 is 0 Å². The van der Waals surface area contributed by atoms with Crippen LogP contribution in [0.15, 0.2) is 24.3 Å². The number of hydrogen-bond acceptors (Lipinski definition) is 3. The number of ether oxygens (including phenoxy) is 1. The molecule has 0 amide bonds. The van der Waals surface area contributed by atoms with Crippen LogP contribution in [0, 0.1) is 0 Å². The number of benzene rings is 1. The molecular weight excluding hydrogens is 190 g/mol. The highest BCUT2D eigenvalue weighted by Gasteiger charge is 2.15. The molecule has 82 valence electrons. The zero-order valence-electron chi connectivity index (χ0n) is 8.78. The first-order chi connectivity index (χ1) is 7.40. The Balaban J connectivity index is 2.02. The van der Waals surface area contributed by atoms with E-state index in [1.807, 2.05) is 24.3 Å². The molecule has 0 spiro atoms. The average Bonchev–Trinajstić information content (AvgIpc) is 2.31. The highest BCUT2D eigenvalue weighted by Crippen LogP contribution is 2.21. The number of rotatable bonds is 3. The van der Waals surface area contributed by atoms with Gasteiger partial charge in [0.15, 0.2) is 0 Å². The number of para-hydroxylation sites is 1. The number of aliphatic hydroxyl groups excluding tert-OH is 1. The zero-order valence-corrected chi connectivity index (χ0v) is 8.78. The van der Waals surface area contributed by atoms with E-state index in [0.717, 1.165) is 37.2 Å². The van der Waals surface area contributed by atoms with Crippen molar-refractivity contribution in [2.45, 2.75) is 25.6 Å². The lowest BCUT2D eigenvalue weighted by molar-refractivity contribution is 0.157. The van der Waals surface area contributed by atoms with E-state index < -0.39 is 0 Å². The molecule has 1 saturated heterocycles. The maximum Gasteiger partial charge on any atom is 0.125 e. The Morgan fingerprint density at radius 1 is 1.27 bits per heavy atom. The van der Waals surface area contributed by atoms with E-state index in [9.17, 15) is 0 Å². The quantitative estimate of drug-likeness (QED) is 0.785. The van der Waals surface area contributed by atoms with Crippen molar-refractivity contribution in [1.29, 1.82) is 0 Å². The van der Waals surface area contributed by atoms with Crippen LogP contribution in [0.3, 0.4) is 0 Å². The van der Waals surface area contributed by atoms with Crippen molar-refractivity contribution in [3.8, 4) is 5.75 Å². The minimum absolute atomic E-state index is 0.0428. The number of nitrogens with one attached hydrogen (secondary N) is 1. The number of piperidine rings is 1. The fourth-order valence-corrected chi connectivity index (χ4v) is 1.84. The van der Waals surface area contributed by atoms with Gasteiger partial charge >= 0.3 is 0 Å². The third-order valence-corrected chi connectivity index (χ3v) is 2.72. The van der Waals surface area contributed by atoms with Gasteiger partial charge in [-0.2, -0.15) is 0 Å². The summed E-state index contributed by atoms with van der Waals surface area (Å²) in [5.74, 6) is 0.826. The Hall–Kier alpha value is -1.06. The smallest absolute Gasteiger partial charge is 0.125 e. The van der Waals surface area contributed by atoms with Gasteiger partial charge in [0.1, 0.15) is 11.9 Å². The molecule has 3 nitrogen and oxygen atoms in total. The van der Waals surface area contributed by atoms with E-state index >= 15 is 0 Å². The van der Waals surface area contributed by atoms with Crippen molar-refractivity contribution in [3.63, 3.8) is 0 Å². The largest absolute Gasteiger partial charge is 0.490 e. The van der Waals surface area contributed by atoms with Crippen LogP contribution in [0.5, 0.6) is 5.75 Å². The SMILES string of the molecule is OCc1ccccc1OC1CCNCC1. The second-order valence-electron chi connectivity index (χ2n) is 3.83. The summed E-state index contributed by atoms with van der Waals surface area (Å²) in [7, 11) is 0. The zero-order chi connectivity index (χ0) is 10.5. The Morgan fingerprint density at radius 2 is 2.00 bits per heavy atom. The van der Waals surface area contributed by atoms with Crippen LogP contribution < -0.4 is 10.1 Å². The molecule has 15 heavy (non-hydrogen) atoms. The highest BCUT2D eigenvalue weighted by atomic mass is 16.5. The fourth-order valence-electron chi connectivity index (χ4n) is 1.84. The predicted molar refractivity (Wildman–Crippen MR) is 58.9 cm³/mol. The van der Waals surface area contributed by atoms with E-state index in [0.29, 0.717) is 6.10 Å². The van der Waals surface area contributed by atoms with Gasteiger partial charge in [-0.1, -0.05) is 18.2 Å². The third-order valence-electron chi connectivity index (χ3n) is 2.72. The van der Waals surface area contributed by atoms with Crippen molar-refractivity contribution in [1.82, 2.24) is 5.32 Å². The van der Waals surface area contributed by atoms with Crippen LogP contribution in [-0.4, -0.2) is 24.3 Å². The average molecular weight is 207 g/mol. The summed E-state index contributed by atoms with van der Waals surface area (Å²) in [6, 6.07) is 7.68. The van der Waals surface area contributed by atoms with E-state index in [1.54, 1.807) is 0 Å². The predicted octanol–water partition coefficient (Wildman–Crippen LogP) is 1.31. The molecule has 1 heterocycles. The first-order valence-corrected chi connectivity index (χ1v) is 5.46. The van der Waals surface area contributed by atoms with Crippen LogP contribution in [-0.2, 0) is 6.61 Å². The Kier molecular flexibility index (Phi) is 3.59. The Bertz CT molecular complexity index is 308. The van der Waals surface area contributed by atoms with Gasteiger partial charge in [-0.05, 0) is 32.0 Å². The van der Waals surface area contributed by atoms with E-state index in [-0.39, 0.29) is 6.61 Å². The van der Waals surface area contributed by atoms with Gasteiger partial charge in [-0.3, -0.25) is 0 Å². The molecule has 0 aliphatic carbocycles. The Labute approximate surface area is 90.1 Å². The van der Waals surface area contributed by atoms with Gasteiger partial charge in [0.2, 0.25) is 0 Å². The topological polar surface area (TPSA) is 41.5 Å². The van der Waals surface area contributed by atoms with Gasteiger partial charge in [-0.15, -0.1) is 0 Å².